The van der Waals surface area contributed by atoms with Crippen LogP contribution in [0.25, 0.3) is 11.0 Å². The van der Waals surface area contributed by atoms with E-state index in [0.29, 0.717) is 0 Å². The Morgan fingerprint density at radius 2 is 2.21 bits per heavy atom. The summed E-state index contributed by atoms with van der Waals surface area (Å²) in [4.78, 5) is 11.6. The molecule has 0 radical (unpaired) electrons. The second-order valence-electron chi connectivity index (χ2n) is 5.89. The molecular formula is C19H29N5. The first-order valence-electron chi connectivity index (χ1n) is 8.69. The summed E-state index contributed by atoms with van der Waals surface area (Å²) in [5.74, 6) is 2.00. The van der Waals surface area contributed by atoms with Gasteiger partial charge in [0.1, 0.15) is 5.82 Å². The van der Waals surface area contributed by atoms with E-state index in [1.807, 2.05) is 12.1 Å². The van der Waals surface area contributed by atoms with Crippen molar-refractivity contribution in [2.75, 3.05) is 26.7 Å². The number of fused-ring (bicyclic) bond motifs is 1. The molecule has 1 N–H and O–H groups in total. The molecule has 0 spiro atoms. The first kappa shape index (κ1) is 18.0. The molecule has 0 atom stereocenters. The van der Waals surface area contributed by atoms with Crippen molar-refractivity contribution in [2.24, 2.45) is 4.99 Å². The van der Waals surface area contributed by atoms with E-state index in [2.05, 4.69) is 65.4 Å². The first-order valence-corrected chi connectivity index (χ1v) is 8.69. The number of aliphatic imine (C=N–C) groups is 1. The standard InChI is InChI=1S/C19H29N5/c1-5-7-10-14-23(4)19(20-6-2)21-13-15-24-16(3)22-17-11-8-9-12-18(17)24/h5,8-9,11-12H,1,6-7,10,13-15H2,2-4H3,(H,20,21). The quantitative estimate of drug-likeness (QED) is 0.350. The van der Waals surface area contributed by atoms with E-state index in [1.54, 1.807) is 0 Å². The van der Waals surface area contributed by atoms with Gasteiger partial charge >= 0.3 is 0 Å². The summed E-state index contributed by atoms with van der Waals surface area (Å²) in [5.41, 5.74) is 2.22. The molecule has 2 rings (SSSR count). The maximum absolute atomic E-state index is 4.77. The molecule has 2 aromatic rings. The molecule has 0 amide bonds. The average molecular weight is 327 g/mol. The van der Waals surface area contributed by atoms with Crippen LogP contribution in [0.2, 0.25) is 0 Å². The maximum atomic E-state index is 4.77. The van der Waals surface area contributed by atoms with Crippen LogP contribution in [-0.4, -0.2) is 47.1 Å². The monoisotopic (exact) mass is 327 g/mol. The van der Waals surface area contributed by atoms with Crippen LogP contribution >= 0.6 is 0 Å². The zero-order chi connectivity index (χ0) is 17.4. The molecule has 24 heavy (non-hydrogen) atoms. The second-order valence-corrected chi connectivity index (χ2v) is 5.89. The number of aryl methyl sites for hydroxylation is 1. The Bertz CT molecular complexity index is 686. The van der Waals surface area contributed by atoms with E-state index in [-0.39, 0.29) is 0 Å². The van der Waals surface area contributed by atoms with Gasteiger partial charge in [-0.3, -0.25) is 4.99 Å². The van der Waals surface area contributed by atoms with Gasteiger partial charge in [-0.1, -0.05) is 18.2 Å². The van der Waals surface area contributed by atoms with Crippen molar-refractivity contribution in [3.8, 4) is 0 Å². The minimum atomic E-state index is 0.731. The lowest BCUT2D eigenvalue weighted by atomic mass is 10.3. The summed E-state index contributed by atoms with van der Waals surface area (Å²) >= 11 is 0. The lowest BCUT2D eigenvalue weighted by molar-refractivity contribution is 0.469. The number of nitrogens with zero attached hydrogens (tertiary/aromatic N) is 4. The molecule has 0 aliphatic rings. The summed E-state index contributed by atoms with van der Waals surface area (Å²) in [6, 6.07) is 8.25. The zero-order valence-corrected chi connectivity index (χ0v) is 15.1. The van der Waals surface area contributed by atoms with Gasteiger partial charge in [-0.2, -0.15) is 0 Å². The van der Waals surface area contributed by atoms with Crippen molar-refractivity contribution < 1.29 is 0 Å². The van der Waals surface area contributed by atoms with E-state index < -0.39 is 0 Å². The van der Waals surface area contributed by atoms with Crippen molar-refractivity contribution in [3.05, 3.63) is 42.7 Å². The Morgan fingerprint density at radius 1 is 1.42 bits per heavy atom. The topological polar surface area (TPSA) is 45.5 Å². The lowest BCUT2D eigenvalue weighted by Crippen LogP contribution is -2.39. The van der Waals surface area contributed by atoms with E-state index in [0.717, 1.165) is 56.3 Å². The van der Waals surface area contributed by atoms with Crippen LogP contribution in [0.4, 0.5) is 0 Å². The van der Waals surface area contributed by atoms with Crippen LogP contribution in [0.15, 0.2) is 41.9 Å². The highest BCUT2D eigenvalue weighted by atomic mass is 15.3. The van der Waals surface area contributed by atoms with Crippen LogP contribution in [0.3, 0.4) is 0 Å². The number of para-hydroxylation sites is 2. The zero-order valence-electron chi connectivity index (χ0n) is 15.1. The first-order chi connectivity index (χ1) is 11.7. The van der Waals surface area contributed by atoms with Gasteiger partial charge in [0.25, 0.3) is 0 Å². The molecule has 0 aliphatic carbocycles. The third kappa shape index (κ3) is 4.60. The predicted molar refractivity (Wildman–Crippen MR) is 103 cm³/mol. The molecule has 0 aliphatic heterocycles. The minimum Gasteiger partial charge on any atom is -0.357 e. The molecule has 5 nitrogen and oxygen atoms in total. The van der Waals surface area contributed by atoms with E-state index in [1.165, 1.54) is 5.52 Å². The number of hydrogen-bond acceptors (Lipinski definition) is 2. The summed E-state index contributed by atoms with van der Waals surface area (Å²) in [5, 5.41) is 3.37. The average Bonchev–Trinajstić information content (AvgIpc) is 2.90. The molecule has 0 saturated heterocycles. The molecule has 1 heterocycles. The number of nitrogens with one attached hydrogen (secondary N) is 1. The molecule has 0 bridgehead atoms. The van der Waals surface area contributed by atoms with Gasteiger partial charge in [0, 0.05) is 26.7 Å². The van der Waals surface area contributed by atoms with E-state index in [9.17, 15) is 0 Å². The fourth-order valence-electron chi connectivity index (χ4n) is 2.78. The third-order valence-electron chi connectivity index (χ3n) is 4.03. The molecule has 1 aromatic heterocycles. The number of guanidine groups is 1. The summed E-state index contributed by atoms with van der Waals surface area (Å²) in [7, 11) is 2.09. The summed E-state index contributed by atoms with van der Waals surface area (Å²) in [6.07, 6.45) is 4.09. The van der Waals surface area contributed by atoms with Gasteiger partial charge in [0.05, 0.1) is 17.6 Å². The lowest BCUT2D eigenvalue weighted by Gasteiger charge is -2.21. The number of benzene rings is 1. The van der Waals surface area contributed by atoms with Crippen molar-refractivity contribution in [1.82, 2.24) is 19.8 Å². The van der Waals surface area contributed by atoms with Crippen LogP contribution in [-0.2, 0) is 6.54 Å². The SMILES string of the molecule is C=CCCCN(C)C(=NCCn1c(C)nc2ccccc21)NCC. The molecule has 1 aromatic carbocycles. The van der Waals surface area contributed by atoms with Crippen LogP contribution in [0, 0.1) is 6.92 Å². The van der Waals surface area contributed by atoms with Gasteiger partial charge in [0.2, 0.25) is 0 Å². The predicted octanol–water partition coefficient (Wildman–Crippen LogP) is 3.21. The fraction of sp³-hybridized carbons (Fsp3) is 0.474. The summed E-state index contributed by atoms with van der Waals surface area (Å²) in [6.45, 7) is 11.3. The molecule has 0 fully saturated rings. The van der Waals surface area contributed by atoms with Crippen molar-refractivity contribution in [2.45, 2.75) is 33.2 Å². The highest BCUT2D eigenvalue weighted by molar-refractivity contribution is 5.79. The Kier molecular flexibility index (Phi) is 6.85. The van der Waals surface area contributed by atoms with E-state index >= 15 is 0 Å². The van der Waals surface area contributed by atoms with Crippen molar-refractivity contribution >= 4 is 17.0 Å². The molecular weight excluding hydrogens is 298 g/mol. The Labute approximate surface area is 145 Å². The molecule has 0 saturated carbocycles. The van der Waals surface area contributed by atoms with Gasteiger partial charge in [-0.05, 0) is 38.8 Å². The van der Waals surface area contributed by atoms with Gasteiger partial charge in [0.15, 0.2) is 5.96 Å². The van der Waals surface area contributed by atoms with Crippen LogP contribution in [0.1, 0.15) is 25.6 Å². The molecule has 5 heteroatoms. The second kappa shape index (κ2) is 9.11. The van der Waals surface area contributed by atoms with Crippen LogP contribution in [0.5, 0.6) is 0 Å². The number of imidazole rings is 1. The minimum absolute atomic E-state index is 0.731. The highest BCUT2D eigenvalue weighted by Gasteiger charge is 2.07. The Morgan fingerprint density at radius 3 is 2.96 bits per heavy atom. The largest absolute Gasteiger partial charge is 0.357 e. The third-order valence-corrected chi connectivity index (χ3v) is 4.03. The van der Waals surface area contributed by atoms with Gasteiger partial charge in [-0.25, -0.2) is 4.98 Å². The molecule has 130 valence electrons. The Hall–Kier alpha value is -2.30. The van der Waals surface area contributed by atoms with Gasteiger partial charge < -0.3 is 14.8 Å². The number of unbranched alkanes of at least 4 members (excludes halogenated alkanes) is 1. The van der Waals surface area contributed by atoms with Crippen molar-refractivity contribution in [3.63, 3.8) is 0 Å². The fourth-order valence-corrected chi connectivity index (χ4v) is 2.78. The van der Waals surface area contributed by atoms with Gasteiger partial charge in [-0.15, -0.1) is 6.58 Å². The number of rotatable bonds is 8. The number of aromatic nitrogens is 2. The Balaban J connectivity index is 2.02. The number of allylic oxidation sites excluding steroid dienone is 1. The number of hydrogen-bond donors (Lipinski definition) is 1. The van der Waals surface area contributed by atoms with E-state index in [4.69, 9.17) is 4.99 Å². The maximum Gasteiger partial charge on any atom is 0.193 e. The smallest absolute Gasteiger partial charge is 0.193 e. The van der Waals surface area contributed by atoms with Crippen LogP contribution < -0.4 is 5.32 Å². The molecule has 0 unspecified atom stereocenters. The van der Waals surface area contributed by atoms with Crippen molar-refractivity contribution in [1.29, 1.82) is 0 Å². The highest BCUT2D eigenvalue weighted by Crippen LogP contribution is 2.15. The summed E-state index contributed by atoms with van der Waals surface area (Å²) < 4.78 is 2.24. The normalized spacial score (nSPS) is 11.7.